The van der Waals surface area contributed by atoms with Crippen molar-refractivity contribution in [3.63, 3.8) is 0 Å². The highest BCUT2D eigenvalue weighted by Gasteiger charge is 2.13. The van der Waals surface area contributed by atoms with Crippen LogP contribution in [0.15, 0.2) is 42.5 Å². The molecule has 1 amide bonds. The molecule has 3 nitrogen and oxygen atoms in total. The minimum absolute atomic E-state index is 0.0369. The van der Waals surface area contributed by atoms with Gasteiger partial charge in [-0.25, -0.2) is 0 Å². The Morgan fingerprint density at radius 3 is 2.41 bits per heavy atom. The van der Waals surface area contributed by atoms with Crippen LogP contribution in [0.2, 0.25) is 0 Å². The van der Waals surface area contributed by atoms with Gasteiger partial charge in [-0.3, -0.25) is 4.79 Å². The van der Waals surface area contributed by atoms with Crippen molar-refractivity contribution in [3.05, 3.63) is 59.2 Å². The molecule has 22 heavy (non-hydrogen) atoms. The topological polar surface area (TPSA) is 41.1 Å². The van der Waals surface area contributed by atoms with Crippen molar-refractivity contribution in [2.75, 3.05) is 10.6 Å². The van der Waals surface area contributed by atoms with E-state index in [1.165, 1.54) is 11.1 Å². The van der Waals surface area contributed by atoms with E-state index in [1.807, 2.05) is 45.0 Å². The average molecular weight is 296 g/mol. The molecule has 116 valence electrons. The van der Waals surface area contributed by atoms with Crippen molar-refractivity contribution < 1.29 is 4.79 Å². The third-order valence-electron chi connectivity index (χ3n) is 3.79. The van der Waals surface area contributed by atoms with Crippen LogP contribution in [-0.4, -0.2) is 11.9 Å². The molecule has 1 atom stereocenters. The first-order valence-electron chi connectivity index (χ1n) is 7.73. The lowest BCUT2D eigenvalue weighted by Crippen LogP contribution is -2.32. The fraction of sp³-hybridized carbons (Fsp3) is 0.316. The molecule has 0 saturated heterocycles. The molecule has 2 aromatic carbocycles. The van der Waals surface area contributed by atoms with E-state index in [9.17, 15) is 4.79 Å². The largest absolute Gasteiger partial charge is 0.374 e. The van der Waals surface area contributed by atoms with Gasteiger partial charge < -0.3 is 10.6 Å². The summed E-state index contributed by atoms with van der Waals surface area (Å²) in [5.41, 5.74) is 5.41. The zero-order chi connectivity index (χ0) is 16.1. The molecule has 0 heterocycles. The maximum atomic E-state index is 12.3. The van der Waals surface area contributed by atoms with Gasteiger partial charge >= 0.3 is 0 Å². The third-order valence-corrected chi connectivity index (χ3v) is 3.79. The van der Waals surface area contributed by atoms with Crippen LogP contribution in [-0.2, 0) is 11.2 Å². The molecule has 3 heteroatoms. The molecule has 2 N–H and O–H groups in total. The molecule has 0 radical (unpaired) electrons. The summed E-state index contributed by atoms with van der Waals surface area (Å²) in [4.78, 5) is 12.3. The van der Waals surface area contributed by atoms with Gasteiger partial charge in [0.15, 0.2) is 0 Å². The maximum absolute atomic E-state index is 12.3. The van der Waals surface area contributed by atoms with Gasteiger partial charge in [-0.2, -0.15) is 0 Å². The molecular formula is C19H24N2O. The molecular weight excluding hydrogens is 272 g/mol. The van der Waals surface area contributed by atoms with E-state index in [1.54, 1.807) is 0 Å². The molecule has 0 spiro atoms. The molecule has 0 unspecified atom stereocenters. The first-order chi connectivity index (χ1) is 10.5. The highest BCUT2D eigenvalue weighted by Crippen LogP contribution is 2.18. The number of aryl methyl sites for hydroxylation is 3. The predicted octanol–water partition coefficient (Wildman–Crippen LogP) is 4.30. The smallest absolute Gasteiger partial charge is 0.246 e. The number of hydrogen-bond donors (Lipinski definition) is 2. The van der Waals surface area contributed by atoms with Gasteiger partial charge in [0, 0.05) is 11.4 Å². The van der Waals surface area contributed by atoms with Gasteiger partial charge in [0.25, 0.3) is 0 Å². The van der Waals surface area contributed by atoms with Crippen LogP contribution >= 0.6 is 0 Å². The Morgan fingerprint density at radius 2 is 1.77 bits per heavy atom. The standard InChI is InChI=1S/C19H24N2O/c1-5-16-8-10-17(11-9-16)21-19(22)15(4)20-18-12-13(2)6-7-14(18)3/h6-12,15,20H,5H2,1-4H3,(H,21,22)/t15-/m0/s1. The molecule has 0 bridgehead atoms. The van der Waals surface area contributed by atoms with Crippen molar-refractivity contribution in [1.29, 1.82) is 0 Å². The van der Waals surface area contributed by atoms with Crippen LogP contribution in [0.5, 0.6) is 0 Å². The lowest BCUT2D eigenvalue weighted by atomic mass is 10.1. The van der Waals surface area contributed by atoms with Crippen LogP contribution in [0.1, 0.15) is 30.5 Å². The molecule has 0 aliphatic heterocycles. The summed E-state index contributed by atoms with van der Waals surface area (Å²) in [7, 11) is 0. The minimum Gasteiger partial charge on any atom is -0.374 e. The van der Waals surface area contributed by atoms with Gasteiger partial charge in [-0.15, -0.1) is 0 Å². The summed E-state index contributed by atoms with van der Waals surface area (Å²) >= 11 is 0. The van der Waals surface area contributed by atoms with E-state index in [2.05, 4.69) is 35.8 Å². The summed E-state index contributed by atoms with van der Waals surface area (Å²) in [5.74, 6) is -0.0369. The zero-order valence-electron chi connectivity index (χ0n) is 13.7. The molecule has 0 aromatic heterocycles. The Labute approximate surface area is 132 Å². The SMILES string of the molecule is CCc1ccc(NC(=O)[C@H](C)Nc2cc(C)ccc2C)cc1. The van der Waals surface area contributed by atoms with E-state index in [4.69, 9.17) is 0 Å². The Morgan fingerprint density at radius 1 is 1.09 bits per heavy atom. The van der Waals surface area contributed by atoms with Crippen molar-refractivity contribution >= 4 is 17.3 Å². The average Bonchev–Trinajstić information content (AvgIpc) is 2.51. The van der Waals surface area contributed by atoms with Crippen LogP contribution in [0.4, 0.5) is 11.4 Å². The van der Waals surface area contributed by atoms with E-state index in [0.29, 0.717) is 0 Å². The quantitative estimate of drug-likeness (QED) is 0.863. The first-order valence-corrected chi connectivity index (χ1v) is 7.73. The summed E-state index contributed by atoms with van der Waals surface area (Å²) in [6, 6.07) is 13.9. The van der Waals surface area contributed by atoms with E-state index < -0.39 is 0 Å². The molecule has 0 saturated carbocycles. The fourth-order valence-electron chi connectivity index (χ4n) is 2.26. The molecule has 0 aliphatic carbocycles. The number of anilines is 2. The number of carbonyl (C=O) groups is 1. The highest BCUT2D eigenvalue weighted by atomic mass is 16.2. The number of nitrogens with one attached hydrogen (secondary N) is 2. The van der Waals surface area contributed by atoms with Gasteiger partial charge in [-0.1, -0.05) is 31.2 Å². The first kappa shape index (κ1) is 16.1. The summed E-state index contributed by atoms with van der Waals surface area (Å²) in [6.07, 6.45) is 0.999. The Kier molecular flexibility index (Phi) is 5.21. The molecule has 0 fully saturated rings. The van der Waals surface area contributed by atoms with E-state index in [0.717, 1.165) is 23.4 Å². The second-order valence-electron chi connectivity index (χ2n) is 5.72. The van der Waals surface area contributed by atoms with Crippen LogP contribution in [0.3, 0.4) is 0 Å². The number of rotatable bonds is 5. The summed E-state index contributed by atoms with van der Waals surface area (Å²) in [6.45, 7) is 8.07. The highest BCUT2D eigenvalue weighted by molar-refractivity contribution is 5.96. The maximum Gasteiger partial charge on any atom is 0.246 e. The Balaban J connectivity index is 2.00. The van der Waals surface area contributed by atoms with Crippen LogP contribution in [0.25, 0.3) is 0 Å². The van der Waals surface area contributed by atoms with Crippen LogP contribution < -0.4 is 10.6 Å². The Bertz CT molecular complexity index is 647. The monoisotopic (exact) mass is 296 g/mol. The van der Waals surface area contributed by atoms with Crippen molar-refractivity contribution in [2.45, 2.75) is 40.2 Å². The lowest BCUT2D eigenvalue weighted by molar-refractivity contribution is -0.116. The second kappa shape index (κ2) is 7.12. The van der Waals surface area contributed by atoms with Gasteiger partial charge in [0.1, 0.15) is 6.04 Å². The van der Waals surface area contributed by atoms with Crippen molar-refractivity contribution in [3.8, 4) is 0 Å². The van der Waals surface area contributed by atoms with Gasteiger partial charge in [0.05, 0.1) is 0 Å². The second-order valence-corrected chi connectivity index (χ2v) is 5.72. The molecule has 0 aliphatic rings. The molecule has 2 rings (SSSR count). The van der Waals surface area contributed by atoms with E-state index >= 15 is 0 Å². The third kappa shape index (κ3) is 4.10. The summed E-state index contributed by atoms with van der Waals surface area (Å²) in [5, 5.41) is 6.23. The van der Waals surface area contributed by atoms with Gasteiger partial charge in [-0.05, 0) is 62.1 Å². The van der Waals surface area contributed by atoms with Gasteiger partial charge in [0.2, 0.25) is 5.91 Å². The predicted molar refractivity (Wildman–Crippen MR) is 93.5 cm³/mol. The van der Waals surface area contributed by atoms with Crippen molar-refractivity contribution in [1.82, 2.24) is 0 Å². The number of benzene rings is 2. The lowest BCUT2D eigenvalue weighted by Gasteiger charge is -2.17. The Hall–Kier alpha value is -2.29. The van der Waals surface area contributed by atoms with Crippen LogP contribution in [0, 0.1) is 13.8 Å². The summed E-state index contributed by atoms with van der Waals surface area (Å²) < 4.78 is 0. The minimum atomic E-state index is -0.300. The number of amides is 1. The van der Waals surface area contributed by atoms with Crippen molar-refractivity contribution in [2.24, 2.45) is 0 Å². The number of hydrogen-bond acceptors (Lipinski definition) is 2. The fourth-order valence-corrected chi connectivity index (χ4v) is 2.26. The normalized spacial score (nSPS) is 11.8. The molecule has 2 aromatic rings. The van der Waals surface area contributed by atoms with E-state index in [-0.39, 0.29) is 11.9 Å². The zero-order valence-corrected chi connectivity index (χ0v) is 13.7. The number of carbonyl (C=O) groups excluding carboxylic acids is 1.